The molecule has 2 N–H and O–H groups in total. The average Bonchev–Trinajstić information content (AvgIpc) is 2.32. The third-order valence-corrected chi connectivity index (χ3v) is 5.12. The fourth-order valence-electron chi connectivity index (χ4n) is 3.28. The zero-order chi connectivity index (χ0) is 12.6. The van der Waals surface area contributed by atoms with Gasteiger partial charge in [-0.25, -0.2) is 0 Å². The maximum Gasteiger partial charge on any atom is 0.0648 e. The lowest BCUT2D eigenvalue weighted by Crippen LogP contribution is -2.50. The van der Waals surface area contributed by atoms with Crippen molar-refractivity contribution in [3.05, 3.63) is 27.7 Å². The van der Waals surface area contributed by atoms with Gasteiger partial charge in [-0.3, -0.25) is 0 Å². The van der Waals surface area contributed by atoms with Crippen LogP contribution in [0.3, 0.4) is 0 Å². The van der Waals surface area contributed by atoms with Crippen molar-refractivity contribution in [1.82, 2.24) is 5.32 Å². The molecule has 3 rings (SSSR count). The second kappa shape index (κ2) is 5.03. The van der Waals surface area contributed by atoms with Crippen LogP contribution in [0.5, 0.6) is 0 Å². The van der Waals surface area contributed by atoms with E-state index in [1.54, 1.807) is 0 Å². The van der Waals surface area contributed by atoms with Gasteiger partial charge in [-0.15, -0.1) is 0 Å². The molecule has 0 amide bonds. The quantitative estimate of drug-likeness (QED) is 0.855. The van der Waals surface area contributed by atoms with Gasteiger partial charge in [-0.1, -0.05) is 27.5 Å². The van der Waals surface area contributed by atoms with E-state index in [0.717, 1.165) is 15.2 Å². The summed E-state index contributed by atoms with van der Waals surface area (Å²) in [5, 5.41) is 7.82. The lowest BCUT2D eigenvalue weighted by Gasteiger charge is -2.51. The molecule has 0 atom stereocenters. The van der Waals surface area contributed by atoms with Crippen LogP contribution in [0.4, 0.5) is 5.69 Å². The molecule has 1 aromatic carbocycles. The monoisotopic (exact) mass is 328 g/mol. The molecule has 1 spiro atoms. The maximum absolute atomic E-state index is 6.23. The molecule has 0 bridgehead atoms. The van der Waals surface area contributed by atoms with Crippen LogP contribution in [-0.2, 0) is 0 Å². The predicted octanol–water partition coefficient (Wildman–Crippen LogP) is 4.05. The largest absolute Gasteiger partial charge is 0.381 e. The molecule has 2 aliphatic rings. The summed E-state index contributed by atoms with van der Waals surface area (Å²) in [7, 11) is 0. The Bertz CT molecular complexity index is 435. The van der Waals surface area contributed by atoms with Gasteiger partial charge in [-0.2, -0.15) is 0 Å². The first-order chi connectivity index (χ1) is 8.67. The van der Waals surface area contributed by atoms with E-state index in [1.807, 2.05) is 12.1 Å². The van der Waals surface area contributed by atoms with Gasteiger partial charge in [0.2, 0.25) is 0 Å². The highest BCUT2D eigenvalue weighted by atomic mass is 79.9. The number of anilines is 1. The van der Waals surface area contributed by atoms with Crippen LogP contribution >= 0.6 is 27.5 Å². The fraction of sp³-hybridized carbons (Fsp3) is 0.571. The first-order valence-electron chi connectivity index (χ1n) is 6.59. The minimum absolute atomic E-state index is 0.599. The van der Waals surface area contributed by atoms with Crippen molar-refractivity contribution >= 4 is 33.2 Å². The van der Waals surface area contributed by atoms with Crippen LogP contribution in [0.1, 0.15) is 25.7 Å². The number of piperidine rings is 1. The van der Waals surface area contributed by atoms with E-state index in [9.17, 15) is 0 Å². The van der Waals surface area contributed by atoms with Crippen LogP contribution in [0.2, 0.25) is 5.02 Å². The van der Waals surface area contributed by atoms with E-state index in [4.69, 9.17) is 11.6 Å². The van der Waals surface area contributed by atoms with E-state index < -0.39 is 0 Å². The number of nitrogens with one attached hydrogen (secondary N) is 2. The highest BCUT2D eigenvalue weighted by Gasteiger charge is 2.44. The number of hydrogen-bond acceptors (Lipinski definition) is 2. The summed E-state index contributed by atoms with van der Waals surface area (Å²) in [6, 6.07) is 6.64. The Balaban J connectivity index is 1.59. The van der Waals surface area contributed by atoms with Crippen molar-refractivity contribution in [3.8, 4) is 0 Å². The molecule has 1 aliphatic carbocycles. The third kappa shape index (κ3) is 2.54. The van der Waals surface area contributed by atoms with Crippen molar-refractivity contribution in [2.45, 2.75) is 31.7 Å². The molecule has 1 heterocycles. The van der Waals surface area contributed by atoms with Gasteiger partial charge in [0.1, 0.15) is 0 Å². The highest BCUT2D eigenvalue weighted by Crippen LogP contribution is 2.49. The first-order valence-corrected chi connectivity index (χ1v) is 7.76. The van der Waals surface area contributed by atoms with Crippen molar-refractivity contribution in [1.29, 1.82) is 0 Å². The summed E-state index contributed by atoms with van der Waals surface area (Å²) in [5.41, 5.74) is 1.68. The topological polar surface area (TPSA) is 24.1 Å². The number of benzene rings is 1. The number of hydrogen-bond donors (Lipinski definition) is 2. The molecule has 0 unspecified atom stereocenters. The van der Waals surface area contributed by atoms with Crippen molar-refractivity contribution in [2.75, 3.05) is 18.4 Å². The Morgan fingerprint density at radius 2 is 2.00 bits per heavy atom. The fourth-order valence-corrected chi connectivity index (χ4v) is 4.01. The summed E-state index contributed by atoms with van der Waals surface area (Å²) < 4.78 is 1.03. The van der Waals surface area contributed by atoms with Crippen LogP contribution in [0.15, 0.2) is 22.7 Å². The van der Waals surface area contributed by atoms with Crippen molar-refractivity contribution in [3.63, 3.8) is 0 Å². The Kier molecular flexibility index (Phi) is 3.57. The van der Waals surface area contributed by atoms with E-state index in [2.05, 4.69) is 32.6 Å². The van der Waals surface area contributed by atoms with E-state index in [-0.39, 0.29) is 0 Å². The van der Waals surface area contributed by atoms with Crippen LogP contribution < -0.4 is 10.6 Å². The van der Waals surface area contributed by atoms with Gasteiger partial charge in [0.25, 0.3) is 0 Å². The second-order valence-corrected chi connectivity index (χ2v) is 6.95. The molecule has 1 aliphatic heterocycles. The van der Waals surface area contributed by atoms with Crippen molar-refractivity contribution in [2.24, 2.45) is 5.41 Å². The molecule has 18 heavy (non-hydrogen) atoms. The molecule has 1 saturated heterocycles. The summed E-state index contributed by atoms with van der Waals surface area (Å²) in [4.78, 5) is 0. The second-order valence-electron chi connectivity index (χ2n) is 5.62. The summed E-state index contributed by atoms with van der Waals surface area (Å²) in [6.45, 7) is 2.37. The van der Waals surface area contributed by atoms with Crippen LogP contribution in [0.25, 0.3) is 0 Å². The van der Waals surface area contributed by atoms with Gasteiger partial charge in [0.15, 0.2) is 0 Å². The minimum atomic E-state index is 0.599. The van der Waals surface area contributed by atoms with Crippen LogP contribution in [-0.4, -0.2) is 19.1 Å². The van der Waals surface area contributed by atoms with Gasteiger partial charge < -0.3 is 10.6 Å². The lowest BCUT2D eigenvalue weighted by atomic mass is 9.60. The SMILES string of the molecule is Clc1cc(Br)ccc1NC1CC2(CCNCC2)C1. The minimum Gasteiger partial charge on any atom is -0.381 e. The Morgan fingerprint density at radius 1 is 1.28 bits per heavy atom. The van der Waals surface area contributed by atoms with Gasteiger partial charge in [0.05, 0.1) is 10.7 Å². The molecule has 98 valence electrons. The normalized spacial score (nSPS) is 22.8. The molecule has 1 aromatic rings. The van der Waals surface area contributed by atoms with Crippen molar-refractivity contribution < 1.29 is 0 Å². The number of rotatable bonds is 2. The lowest BCUT2D eigenvalue weighted by molar-refractivity contribution is 0.0719. The Morgan fingerprint density at radius 3 is 2.67 bits per heavy atom. The Labute approximate surface area is 122 Å². The molecule has 4 heteroatoms. The van der Waals surface area contributed by atoms with Gasteiger partial charge >= 0.3 is 0 Å². The summed E-state index contributed by atoms with van der Waals surface area (Å²) in [5.74, 6) is 0. The number of halogens is 2. The molecular formula is C14H18BrClN2. The smallest absolute Gasteiger partial charge is 0.0648 e. The van der Waals surface area contributed by atoms with E-state index in [1.165, 1.54) is 38.8 Å². The van der Waals surface area contributed by atoms with Gasteiger partial charge in [0, 0.05) is 10.5 Å². The molecule has 1 saturated carbocycles. The highest BCUT2D eigenvalue weighted by molar-refractivity contribution is 9.10. The Hall–Kier alpha value is -0.250. The standard InChI is InChI=1S/C14H18BrClN2/c15-10-1-2-13(12(16)7-10)18-11-8-14(9-11)3-5-17-6-4-14/h1-2,7,11,17-18H,3-6,8-9H2. The predicted molar refractivity (Wildman–Crippen MR) is 80.3 cm³/mol. The molecular weight excluding hydrogens is 312 g/mol. The van der Waals surface area contributed by atoms with Crippen LogP contribution in [0, 0.1) is 5.41 Å². The maximum atomic E-state index is 6.23. The molecule has 2 fully saturated rings. The zero-order valence-electron chi connectivity index (χ0n) is 10.3. The first kappa shape index (κ1) is 12.8. The third-order valence-electron chi connectivity index (χ3n) is 4.31. The average molecular weight is 330 g/mol. The zero-order valence-corrected chi connectivity index (χ0v) is 12.6. The molecule has 0 radical (unpaired) electrons. The molecule has 2 nitrogen and oxygen atoms in total. The summed E-state index contributed by atoms with van der Waals surface area (Å²) in [6.07, 6.45) is 5.25. The molecule has 0 aromatic heterocycles. The van der Waals surface area contributed by atoms with E-state index >= 15 is 0 Å². The summed E-state index contributed by atoms with van der Waals surface area (Å²) >= 11 is 9.66. The van der Waals surface area contributed by atoms with Gasteiger partial charge in [-0.05, 0) is 62.4 Å². The van der Waals surface area contributed by atoms with E-state index in [0.29, 0.717) is 11.5 Å².